The number of nitrogens with zero attached hydrogens (tertiary/aromatic N) is 1. The quantitative estimate of drug-likeness (QED) is 0.898. The molecule has 2 saturated carbocycles. The molecule has 1 aliphatic heterocycles. The Kier molecular flexibility index (Phi) is 4.30. The standard InChI is InChI=1S/C22H31NO3/c1-15-4-5-17(10-19(15)26-3)16-6-8-22(9-7-16)13-23(14-22)20(24)18-11-21(2,25)12-18/h4-5,10,16,18,25H,6-9,11-14H2,1-3H3. The van der Waals surface area contributed by atoms with E-state index in [1.165, 1.54) is 36.8 Å². The van der Waals surface area contributed by atoms with Gasteiger partial charge in [0.25, 0.3) is 0 Å². The molecule has 3 aliphatic rings. The van der Waals surface area contributed by atoms with Gasteiger partial charge in [-0.3, -0.25) is 4.79 Å². The Morgan fingerprint density at radius 1 is 1.23 bits per heavy atom. The van der Waals surface area contributed by atoms with E-state index in [0.717, 1.165) is 18.8 Å². The van der Waals surface area contributed by atoms with Crippen LogP contribution >= 0.6 is 0 Å². The van der Waals surface area contributed by atoms with Crippen LogP contribution in [-0.4, -0.2) is 41.7 Å². The Morgan fingerprint density at radius 3 is 2.46 bits per heavy atom. The van der Waals surface area contributed by atoms with Crippen LogP contribution in [0.4, 0.5) is 0 Å². The molecule has 0 radical (unpaired) electrons. The van der Waals surface area contributed by atoms with Crippen molar-refractivity contribution in [1.29, 1.82) is 0 Å². The van der Waals surface area contributed by atoms with Gasteiger partial charge in [0, 0.05) is 24.4 Å². The number of ether oxygens (including phenoxy) is 1. The summed E-state index contributed by atoms with van der Waals surface area (Å²) in [7, 11) is 1.74. The number of benzene rings is 1. The van der Waals surface area contributed by atoms with Gasteiger partial charge in [0.2, 0.25) is 5.91 Å². The molecule has 3 fully saturated rings. The number of aliphatic hydroxyl groups is 1. The van der Waals surface area contributed by atoms with Crippen molar-refractivity contribution in [2.45, 2.75) is 63.9 Å². The Morgan fingerprint density at radius 2 is 1.88 bits per heavy atom. The first-order chi connectivity index (χ1) is 12.3. The maximum absolute atomic E-state index is 12.5. The molecule has 4 rings (SSSR count). The molecule has 1 heterocycles. The molecule has 1 N–H and O–H groups in total. The summed E-state index contributed by atoms with van der Waals surface area (Å²) in [6.07, 6.45) is 6.08. The lowest BCUT2D eigenvalue weighted by Crippen LogP contribution is -2.62. The van der Waals surface area contributed by atoms with E-state index in [1.54, 1.807) is 7.11 Å². The predicted octanol–water partition coefficient (Wildman–Crippen LogP) is 3.65. The van der Waals surface area contributed by atoms with Crippen molar-refractivity contribution >= 4 is 5.91 Å². The van der Waals surface area contributed by atoms with Crippen molar-refractivity contribution in [2.75, 3.05) is 20.2 Å². The van der Waals surface area contributed by atoms with Gasteiger partial charge in [-0.05, 0) is 75.5 Å². The first-order valence-electron chi connectivity index (χ1n) is 9.97. The second-order valence-electron chi connectivity index (χ2n) is 9.30. The summed E-state index contributed by atoms with van der Waals surface area (Å²) >= 11 is 0. The minimum absolute atomic E-state index is 0.0544. The second-order valence-corrected chi connectivity index (χ2v) is 9.30. The summed E-state index contributed by atoms with van der Waals surface area (Å²) < 4.78 is 5.48. The molecule has 1 saturated heterocycles. The fourth-order valence-corrected chi connectivity index (χ4v) is 5.32. The van der Waals surface area contributed by atoms with Crippen molar-refractivity contribution in [2.24, 2.45) is 11.3 Å². The number of amides is 1. The Balaban J connectivity index is 1.30. The first kappa shape index (κ1) is 17.8. The SMILES string of the molecule is COc1cc(C2CCC3(CC2)CN(C(=O)C2CC(C)(O)C2)C3)ccc1C. The van der Waals surface area contributed by atoms with Crippen LogP contribution in [-0.2, 0) is 4.79 Å². The fourth-order valence-electron chi connectivity index (χ4n) is 5.32. The average molecular weight is 357 g/mol. The van der Waals surface area contributed by atoms with Gasteiger partial charge < -0.3 is 14.7 Å². The van der Waals surface area contributed by atoms with E-state index in [1.807, 2.05) is 11.8 Å². The van der Waals surface area contributed by atoms with Gasteiger partial charge in [0.05, 0.1) is 12.7 Å². The molecule has 1 spiro atoms. The highest BCUT2D eigenvalue weighted by Gasteiger charge is 2.51. The lowest BCUT2D eigenvalue weighted by molar-refractivity contribution is -0.163. The number of likely N-dealkylation sites (tertiary alicyclic amines) is 1. The molecule has 1 aromatic carbocycles. The molecule has 26 heavy (non-hydrogen) atoms. The van der Waals surface area contributed by atoms with Crippen LogP contribution in [0.5, 0.6) is 5.75 Å². The van der Waals surface area contributed by atoms with Gasteiger partial charge in [-0.1, -0.05) is 12.1 Å². The van der Waals surface area contributed by atoms with E-state index in [9.17, 15) is 9.90 Å². The largest absolute Gasteiger partial charge is 0.496 e. The number of aryl methyl sites for hydroxylation is 1. The van der Waals surface area contributed by atoms with Gasteiger partial charge in [-0.2, -0.15) is 0 Å². The van der Waals surface area contributed by atoms with Crippen molar-refractivity contribution in [3.8, 4) is 5.75 Å². The lowest BCUT2D eigenvalue weighted by atomic mass is 9.63. The van der Waals surface area contributed by atoms with E-state index in [-0.39, 0.29) is 11.8 Å². The smallest absolute Gasteiger partial charge is 0.225 e. The molecule has 0 unspecified atom stereocenters. The highest BCUT2D eigenvalue weighted by Crippen LogP contribution is 2.50. The van der Waals surface area contributed by atoms with Crippen LogP contribution in [0, 0.1) is 18.3 Å². The van der Waals surface area contributed by atoms with Crippen LogP contribution < -0.4 is 4.74 Å². The molecule has 4 heteroatoms. The molecular weight excluding hydrogens is 326 g/mol. The Bertz CT molecular complexity index is 687. The van der Waals surface area contributed by atoms with Crippen molar-refractivity contribution in [3.63, 3.8) is 0 Å². The predicted molar refractivity (Wildman–Crippen MR) is 101 cm³/mol. The third kappa shape index (κ3) is 3.13. The van der Waals surface area contributed by atoms with Crippen molar-refractivity contribution in [1.82, 2.24) is 4.90 Å². The molecule has 1 aromatic rings. The number of rotatable bonds is 3. The molecule has 0 aromatic heterocycles. The van der Waals surface area contributed by atoms with Crippen LogP contribution in [0.3, 0.4) is 0 Å². The zero-order valence-electron chi connectivity index (χ0n) is 16.3. The van der Waals surface area contributed by atoms with E-state index in [0.29, 0.717) is 24.2 Å². The van der Waals surface area contributed by atoms with E-state index in [4.69, 9.17) is 4.74 Å². The zero-order chi connectivity index (χ0) is 18.5. The maximum atomic E-state index is 12.5. The van der Waals surface area contributed by atoms with Gasteiger partial charge in [0.1, 0.15) is 5.75 Å². The molecule has 4 nitrogen and oxygen atoms in total. The monoisotopic (exact) mass is 357 g/mol. The summed E-state index contributed by atoms with van der Waals surface area (Å²) in [6.45, 7) is 5.76. The summed E-state index contributed by atoms with van der Waals surface area (Å²) in [5, 5.41) is 9.86. The lowest BCUT2D eigenvalue weighted by Gasteiger charge is -2.55. The normalized spacial score (nSPS) is 30.6. The second kappa shape index (κ2) is 6.26. The van der Waals surface area contributed by atoms with Crippen molar-refractivity contribution in [3.05, 3.63) is 29.3 Å². The summed E-state index contributed by atoms with van der Waals surface area (Å²) in [4.78, 5) is 14.5. The minimum atomic E-state index is -0.615. The number of methoxy groups -OCH3 is 1. The minimum Gasteiger partial charge on any atom is -0.496 e. The molecule has 2 aliphatic carbocycles. The Labute approximate surface area is 156 Å². The van der Waals surface area contributed by atoms with Gasteiger partial charge >= 0.3 is 0 Å². The molecule has 0 atom stereocenters. The fraction of sp³-hybridized carbons (Fsp3) is 0.682. The molecule has 0 bridgehead atoms. The summed E-state index contributed by atoms with van der Waals surface area (Å²) in [5.74, 6) is 1.92. The number of hydrogen-bond acceptors (Lipinski definition) is 3. The molecule has 1 amide bonds. The average Bonchev–Trinajstić information content (AvgIpc) is 2.57. The first-order valence-corrected chi connectivity index (χ1v) is 9.97. The number of carbonyl (C=O) groups excluding carboxylic acids is 1. The topological polar surface area (TPSA) is 49.8 Å². The summed E-state index contributed by atoms with van der Waals surface area (Å²) in [6, 6.07) is 6.62. The third-order valence-electron chi connectivity index (χ3n) is 7.04. The van der Waals surface area contributed by atoms with E-state index >= 15 is 0 Å². The van der Waals surface area contributed by atoms with Crippen LogP contribution in [0.2, 0.25) is 0 Å². The number of hydrogen-bond donors (Lipinski definition) is 1. The van der Waals surface area contributed by atoms with Gasteiger partial charge in [-0.25, -0.2) is 0 Å². The van der Waals surface area contributed by atoms with Gasteiger partial charge in [-0.15, -0.1) is 0 Å². The van der Waals surface area contributed by atoms with Crippen LogP contribution in [0.25, 0.3) is 0 Å². The van der Waals surface area contributed by atoms with E-state index in [2.05, 4.69) is 25.1 Å². The van der Waals surface area contributed by atoms with Crippen LogP contribution in [0.15, 0.2) is 18.2 Å². The van der Waals surface area contributed by atoms with Crippen LogP contribution in [0.1, 0.15) is 62.5 Å². The third-order valence-corrected chi connectivity index (χ3v) is 7.04. The van der Waals surface area contributed by atoms with Gasteiger partial charge in [0.15, 0.2) is 0 Å². The molecular formula is C22H31NO3. The maximum Gasteiger partial charge on any atom is 0.225 e. The zero-order valence-corrected chi connectivity index (χ0v) is 16.3. The van der Waals surface area contributed by atoms with Crippen molar-refractivity contribution < 1.29 is 14.6 Å². The highest BCUT2D eigenvalue weighted by molar-refractivity contribution is 5.81. The number of carbonyl (C=O) groups is 1. The Hall–Kier alpha value is -1.55. The highest BCUT2D eigenvalue weighted by atomic mass is 16.5. The summed E-state index contributed by atoms with van der Waals surface area (Å²) in [5.41, 5.74) is 2.32. The molecule has 142 valence electrons. The van der Waals surface area contributed by atoms with E-state index < -0.39 is 5.60 Å².